The van der Waals surface area contributed by atoms with E-state index in [1.807, 2.05) is 18.2 Å². The summed E-state index contributed by atoms with van der Waals surface area (Å²) in [4.78, 5) is 5.07. The fraction of sp³-hybridized carbons (Fsp3) is 0.400. The maximum absolute atomic E-state index is 6.40. The lowest BCUT2D eigenvalue weighted by Gasteiger charge is -2.42. The molecule has 0 radical (unpaired) electrons. The van der Waals surface area contributed by atoms with Gasteiger partial charge >= 0.3 is 0 Å². The molecule has 1 saturated carbocycles. The SMILES string of the molecule is CC1CN([C@@H]2C[C@H]2c2ccccc2)CCN1c1ccc(Cl)cc1Cl. The molecule has 4 rings (SSSR count). The van der Waals surface area contributed by atoms with Gasteiger partial charge in [-0.25, -0.2) is 0 Å². The molecule has 1 aliphatic heterocycles. The van der Waals surface area contributed by atoms with Crippen molar-refractivity contribution >= 4 is 28.9 Å². The lowest BCUT2D eigenvalue weighted by molar-refractivity contribution is 0.216. The molecule has 2 aromatic carbocycles. The zero-order valence-electron chi connectivity index (χ0n) is 13.8. The molecule has 0 aromatic heterocycles. The van der Waals surface area contributed by atoms with E-state index in [2.05, 4.69) is 47.1 Å². The lowest BCUT2D eigenvalue weighted by atomic mass is 10.1. The molecule has 2 aromatic rings. The number of hydrogen-bond acceptors (Lipinski definition) is 2. The molecule has 0 spiro atoms. The molecule has 24 heavy (non-hydrogen) atoms. The summed E-state index contributed by atoms with van der Waals surface area (Å²) in [6.45, 7) is 5.49. The summed E-state index contributed by atoms with van der Waals surface area (Å²) in [5, 5.41) is 1.44. The number of halogens is 2. The van der Waals surface area contributed by atoms with Gasteiger partial charge in [0.2, 0.25) is 0 Å². The zero-order valence-corrected chi connectivity index (χ0v) is 15.3. The van der Waals surface area contributed by atoms with Gasteiger partial charge in [-0.15, -0.1) is 0 Å². The average Bonchev–Trinajstić information content (AvgIpc) is 3.37. The van der Waals surface area contributed by atoms with Gasteiger partial charge < -0.3 is 4.90 Å². The summed E-state index contributed by atoms with van der Waals surface area (Å²) < 4.78 is 0. The number of hydrogen-bond donors (Lipinski definition) is 0. The largest absolute Gasteiger partial charge is 0.365 e. The first-order valence-electron chi connectivity index (χ1n) is 8.64. The van der Waals surface area contributed by atoms with Crippen LogP contribution in [-0.4, -0.2) is 36.6 Å². The lowest BCUT2D eigenvalue weighted by Crippen LogP contribution is -2.53. The smallest absolute Gasteiger partial charge is 0.0654 e. The van der Waals surface area contributed by atoms with Crippen LogP contribution >= 0.6 is 23.2 Å². The van der Waals surface area contributed by atoms with Crippen molar-refractivity contribution in [2.45, 2.75) is 31.3 Å². The normalized spacial score (nSPS) is 27.3. The van der Waals surface area contributed by atoms with E-state index in [9.17, 15) is 0 Å². The van der Waals surface area contributed by atoms with Gasteiger partial charge in [-0.3, -0.25) is 4.90 Å². The van der Waals surface area contributed by atoms with E-state index in [4.69, 9.17) is 23.2 Å². The van der Waals surface area contributed by atoms with E-state index in [0.717, 1.165) is 30.3 Å². The molecule has 1 heterocycles. The first-order valence-corrected chi connectivity index (χ1v) is 9.40. The molecule has 3 atom stereocenters. The minimum absolute atomic E-state index is 0.453. The third-order valence-corrected chi connectivity index (χ3v) is 5.87. The summed E-state index contributed by atoms with van der Waals surface area (Å²) in [6.07, 6.45) is 1.29. The van der Waals surface area contributed by atoms with Crippen LogP contribution in [0.15, 0.2) is 48.5 Å². The third kappa shape index (κ3) is 3.15. The summed E-state index contributed by atoms with van der Waals surface area (Å²) in [6, 6.07) is 17.9. The number of anilines is 1. The molecule has 2 nitrogen and oxygen atoms in total. The molecule has 1 saturated heterocycles. The Morgan fingerprint density at radius 3 is 2.50 bits per heavy atom. The van der Waals surface area contributed by atoms with Crippen molar-refractivity contribution in [2.75, 3.05) is 24.5 Å². The average molecular weight is 361 g/mol. The van der Waals surface area contributed by atoms with E-state index in [1.165, 1.54) is 12.0 Å². The highest BCUT2D eigenvalue weighted by molar-refractivity contribution is 6.36. The molecule has 1 aliphatic carbocycles. The van der Waals surface area contributed by atoms with Crippen LogP contribution in [0.25, 0.3) is 0 Å². The second kappa shape index (κ2) is 6.59. The van der Waals surface area contributed by atoms with Gasteiger partial charge in [0.05, 0.1) is 10.7 Å². The highest BCUT2D eigenvalue weighted by Gasteiger charge is 2.44. The van der Waals surface area contributed by atoms with Crippen LogP contribution in [0.1, 0.15) is 24.8 Å². The van der Waals surface area contributed by atoms with Crippen LogP contribution < -0.4 is 4.90 Å². The second-order valence-corrected chi connectivity index (χ2v) is 7.80. The Bertz CT molecular complexity index is 719. The first-order chi connectivity index (χ1) is 11.6. The van der Waals surface area contributed by atoms with Crippen molar-refractivity contribution < 1.29 is 0 Å². The van der Waals surface area contributed by atoms with Gasteiger partial charge in [-0.2, -0.15) is 0 Å². The quantitative estimate of drug-likeness (QED) is 0.754. The monoisotopic (exact) mass is 360 g/mol. The van der Waals surface area contributed by atoms with E-state index >= 15 is 0 Å². The van der Waals surface area contributed by atoms with Crippen LogP contribution in [0.4, 0.5) is 5.69 Å². The van der Waals surface area contributed by atoms with Crippen molar-refractivity contribution in [3.8, 4) is 0 Å². The van der Waals surface area contributed by atoms with Crippen LogP contribution in [0.3, 0.4) is 0 Å². The summed E-state index contributed by atoms with van der Waals surface area (Å²) >= 11 is 12.4. The fourth-order valence-electron chi connectivity index (χ4n) is 4.00. The highest BCUT2D eigenvalue weighted by Crippen LogP contribution is 2.45. The van der Waals surface area contributed by atoms with Gasteiger partial charge in [0, 0.05) is 42.7 Å². The molecular formula is C20H22Cl2N2. The summed E-state index contributed by atoms with van der Waals surface area (Å²) in [5.41, 5.74) is 2.59. The van der Waals surface area contributed by atoms with Gasteiger partial charge in [-0.05, 0) is 37.1 Å². The van der Waals surface area contributed by atoms with Crippen LogP contribution in [-0.2, 0) is 0 Å². The summed E-state index contributed by atoms with van der Waals surface area (Å²) in [5.74, 6) is 0.712. The Morgan fingerprint density at radius 1 is 1.00 bits per heavy atom. The Morgan fingerprint density at radius 2 is 1.79 bits per heavy atom. The number of benzene rings is 2. The van der Waals surface area contributed by atoms with Gasteiger partial charge in [0.1, 0.15) is 0 Å². The van der Waals surface area contributed by atoms with Crippen molar-refractivity contribution in [2.24, 2.45) is 0 Å². The van der Waals surface area contributed by atoms with Crippen molar-refractivity contribution in [3.63, 3.8) is 0 Å². The molecule has 1 unspecified atom stereocenters. The predicted octanol–water partition coefficient (Wildman–Crippen LogP) is 5.06. The predicted molar refractivity (Wildman–Crippen MR) is 102 cm³/mol. The number of rotatable bonds is 3. The summed E-state index contributed by atoms with van der Waals surface area (Å²) in [7, 11) is 0. The Kier molecular flexibility index (Phi) is 4.46. The van der Waals surface area contributed by atoms with E-state index < -0.39 is 0 Å². The van der Waals surface area contributed by atoms with Crippen LogP contribution in [0.2, 0.25) is 10.0 Å². The fourth-order valence-corrected chi connectivity index (χ4v) is 4.52. The number of piperazine rings is 1. The molecule has 2 aliphatic rings. The van der Waals surface area contributed by atoms with Crippen molar-refractivity contribution in [3.05, 3.63) is 64.1 Å². The molecule has 2 fully saturated rings. The third-order valence-electron chi connectivity index (χ3n) is 5.33. The standard InChI is InChI=1S/C20H22Cl2N2/c1-14-13-23(20-12-17(20)15-5-3-2-4-6-15)9-10-24(14)19-8-7-16(21)11-18(19)22/h2-8,11,14,17,20H,9-10,12-13H2,1H3/t14?,17-,20+/m0/s1. The highest BCUT2D eigenvalue weighted by atomic mass is 35.5. The molecule has 0 bridgehead atoms. The Labute approximate surface area is 154 Å². The van der Waals surface area contributed by atoms with Crippen LogP contribution in [0, 0.1) is 0 Å². The molecule has 0 N–H and O–H groups in total. The van der Waals surface area contributed by atoms with E-state index in [0.29, 0.717) is 23.0 Å². The van der Waals surface area contributed by atoms with Gasteiger partial charge in [0.15, 0.2) is 0 Å². The number of nitrogens with zero attached hydrogens (tertiary/aromatic N) is 2. The zero-order chi connectivity index (χ0) is 16.7. The molecule has 4 heteroatoms. The maximum atomic E-state index is 6.40. The van der Waals surface area contributed by atoms with Crippen molar-refractivity contribution in [1.29, 1.82) is 0 Å². The topological polar surface area (TPSA) is 6.48 Å². The minimum atomic E-state index is 0.453. The van der Waals surface area contributed by atoms with Gasteiger partial charge in [-0.1, -0.05) is 53.5 Å². The Hall–Kier alpha value is -1.22. The molecule has 126 valence electrons. The van der Waals surface area contributed by atoms with Crippen molar-refractivity contribution in [1.82, 2.24) is 4.90 Å². The van der Waals surface area contributed by atoms with Gasteiger partial charge in [0.25, 0.3) is 0 Å². The van der Waals surface area contributed by atoms with Crippen LogP contribution in [0.5, 0.6) is 0 Å². The van der Waals surface area contributed by atoms with E-state index in [1.54, 1.807) is 0 Å². The Balaban J connectivity index is 1.42. The van der Waals surface area contributed by atoms with E-state index in [-0.39, 0.29) is 0 Å². The maximum Gasteiger partial charge on any atom is 0.0654 e. The molecule has 0 amide bonds. The first kappa shape index (κ1) is 16.3. The molecular weight excluding hydrogens is 339 g/mol. The second-order valence-electron chi connectivity index (χ2n) is 6.95. The minimum Gasteiger partial charge on any atom is -0.365 e.